The summed E-state index contributed by atoms with van der Waals surface area (Å²) in [5, 5.41) is 2.55. The first kappa shape index (κ1) is 20.0. The summed E-state index contributed by atoms with van der Waals surface area (Å²) < 4.78 is 20.0. The van der Waals surface area contributed by atoms with Crippen LogP contribution in [0.5, 0.6) is 0 Å². The van der Waals surface area contributed by atoms with Gasteiger partial charge in [-0.1, -0.05) is 6.07 Å². The molecule has 8 heteroatoms. The Morgan fingerprint density at radius 2 is 1.85 bits per heavy atom. The quantitative estimate of drug-likeness (QED) is 0.626. The maximum Gasteiger partial charge on any atom is 0.412 e. The Hall–Kier alpha value is -3.29. The van der Waals surface area contributed by atoms with Gasteiger partial charge in [0.1, 0.15) is 12.2 Å². The molecular formula is C19H21NO7. The van der Waals surface area contributed by atoms with E-state index >= 15 is 0 Å². The molecule has 2 rings (SSSR count). The van der Waals surface area contributed by atoms with Gasteiger partial charge in [-0.2, -0.15) is 0 Å². The molecule has 0 aliphatic rings. The highest BCUT2D eigenvalue weighted by Crippen LogP contribution is 2.17. The van der Waals surface area contributed by atoms with Gasteiger partial charge in [-0.25, -0.2) is 14.4 Å². The Balaban J connectivity index is 2.00. The van der Waals surface area contributed by atoms with Crippen molar-refractivity contribution < 1.29 is 33.0 Å². The van der Waals surface area contributed by atoms with Crippen molar-refractivity contribution in [1.29, 1.82) is 0 Å². The maximum absolute atomic E-state index is 12.2. The van der Waals surface area contributed by atoms with Crippen molar-refractivity contribution in [2.24, 2.45) is 0 Å². The van der Waals surface area contributed by atoms with E-state index in [2.05, 4.69) is 10.1 Å². The molecule has 0 radical (unpaired) electrons. The van der Waals surface area contributed by atoms with Gasteiger partial charge in [0.2, 0.25) is 5.76 Å². The second-order valence-corrected chi connectivity index (χ2v) is 6.55. The molecule has 0 bridgehead atoms. The maximum atomic E-state index is 12.2. The molecule has 1 heterocycles. The molecule has 0 atom stereocenters. The van der Waals surface area contributed by atoms with Crippen LogP contribution in [0, 0.1) is 0 Å². The summed E-state index contributed by atoms with van der Waals surface area (Å²) >= 11 is 0. The lowest BCUT2D eigenvalue weighted by atomic mass is 10.2. The molecule has 8 nitrogen and oxygen atoms in total. The van der Waals surface area contributed by atoms with Crippen LogP contribution in [0.4, 0.5) is 10.5 Å². The lowest BCUT2D eigenvalue weighted by Gasteiger charge is -2.19. The summed E-state index contributed by atoms with van der Waals surface area (Å²) in [7, 11) is 1.23. The Bertz CT molecular complexity index is 833. The van der Waals surface area contributed by atoms with Crippen LogP contribution in [0.25, 0.3) is 0 Å². The molecule has 0 saturated carbocycles. The molecule has 0 saturated heterocycles. The lowest BCUT2D eigenvalue weighted by molar-refractivity contribution is 0.0453. The number of methoxy groups -OCH3 is 1. The van der Waals surface area contributed by atoms with Gasteiger partial charge in [0, 0.05) is 11.3 Å². The number of anilines is 1. The number of furan rings is 1. The van der Waals surface area contributed by atoms with Gasteiger partial charge < -0.3 is 18.6 Å². The third kappa shape index (κ3) is 5.88. The van der Waals surface area contributed by atoms with Crippen LogP contribution in [0.3, 0.4) is 0 Å². The summed E-state index contributed by atoms with van der Waals surface area (Å²) in [4.78, 5) is 35.6. The third-order valence-electron chi connectivity index (χ3n) is 3.22. The van der Waals surface area contributed by atoms with Crippen molar-refractivity contribution in [3.8, 4) is 0 Å². The molecule has 1 N–H and O–H groups in total. The Morgan fingerprint density at radius 3 is 2.52 bits per heavy atom. The summed E-state index contributed by atoms with van der Waals surface area (Å²) in [6, 6.07) is 7.73. The van der Waals surface area contributed by atoms with E-state index in [1.54, 1.807) is 39.0 Å². The fourth-order valence-corrected chi connectivity index (χ4v) is 2.09. The van der Waals surface area contributed by atoms with Gasteiger partial charge in [-0.3, -0.25) is 5.32 Å². The predicted molar refractivity (Wildman–Crippen MR) is 95.5 cm³/mol. The smallest absolute Gasteiger partial charge is 0.412 e. The minimum Gasteiger partial charge on any atom is -0.463 e. The van der Waals surface area contributed by atoms with Crippen molar-refractivity contribution in [3.63, 3.8) is 0 Å². The minimum atomic E-state index is -0.658. The van der Waals surface area contributed by atoms with Crippen molar-refractivity contribution in [3.05, 3.63) is 53.5 Å². The zero-order valence-corrected chi connectivity index (χ0v) is 15.5. The SMILES string of the molecule is COC(=O)c1occc1COC(=O)c1cccc(NC(=O)OC(C)(C)C)c1. The van der Waals surface area contributed by atoms with Crippen LogP contribution in [-0.4, -0.2) is 30.7 Å². The van der Waals surface area contributed by atoms with E-state index < -0.39 is 23.6 Å². The van der Waals surface area contributed by atoms with Crippen molar-refractivity contribution in [2.75, 3.05) is 12.4 Å². The molecule has 0 aliphatic carbocycles. The number of amides is 1. The molecule has 0 fully saturated rings. The summed E-state index contributed by atoms with van der Waals surface area (Å²) in [6.45, 7) is 5.08. The monoisotopic (exact) mass is 375 g/mol. The van der Waals surface area contributed by atoms with Gasteiger partial charge in [-0.05, 0) is 45.0 Å². The van der Waals surface area contributed by atoms with E-state index in [-0.39, 0.29) is 17.9 Å². The number of esters is 2. The van der Waals surface area contributed by atoms with Crippen molar-refractivity contribution in [2.45, 2.75) is 33.0 Å². The van der Waals surface area contributed by atoms with E-state index in [0.29, 0.717) is 11.3 Å². The normalized spacial score (nSPS) is 10.8. The van der Waals surface area contributed by atoms with Crippen LogP contribution in [0.2, 0.25) is 0 Å². The molecule has 0 unspecified atom stereocenters. The minimum absolute atomic E-state index is 0.0226. The lowest BCUT2D eigenvalue weighted by Crippen LogP contribution is -2.27. The van der Waals surface area contributed by atoms with Crippen LogP contribution in [0.1, 0.15) is 47.2 Å². The highest BCUT2D eigenvalue weighted by Gasteiger charge is 2.19. The fourth-order valence-electron chi connectivity index (χ4n) is 2.09. The van der Waals surface area contributed by atoms with E-state index in [9.17, 15) is 14.4 Å². The number of nitrogens with one attached hydrogen (secondary N) is 1. The Morgan fingerprint density at radius 1 is 1.11 bits per heavy atom. The van der Waals surface area contributed by atoms with Gasteiger partial charge in [-0.15, -0.1) is 0 Å². The topological polar surface area (TPSA) is 104 Å². The number of benzene rings is 1. The summed E-state index contributed by atoms with van der Waals surface area (Å²) in [6.07, 6.45) is 0.676. The highest BCUT2D eigenvalue weighted by atomic mass is 16.6. The molecule has 2 aromatic rings. The largest absolute Gasteiger partial charge is 0.463 e. The zero-order chi connectivity index (χ0) is 20.0. The third-order valence-corrected chi connectivity index (χ3v) is 3.22. The number of rotatable bonds is 5. The summed E-state index contributed by atoms with van der Waals surface area (Å²) in [5.74, 6) is -1.31. The van der Waals surface area contributed by atoms with Gasteiger partial charge in [0.05, 0.1) is 18.9 Å². The van der Waals surface area contributed by atoms with Crippen molar-refractivity contribution >= 4 is 23.7 Å². The predicted octanol–water partition coefficient (Wildman–Crippen LogP) is 3.77. The van der Waals surface area contributed by atoms with E-state index in [4.69, 9.17) is 13.9 Å². The second-order valence-electron chi connectivity index (χ2n) is 6.55. The van der Waals surface area contributed by atoms with E-state index in [0.717, 1.165) is 0 Å². The molecule has 0 aliphatic heterocycles. The first-order valence-corrected chi connectivity index (χ1v) is 8.11. The average Bonchev–Trinajstić information content (AvgIpc) is 3.06. The molecular weight excluding hydrogens is 354 g/mol. The molecule has 1 amide bonds. The van der Waals surface area contributed by atoms with E-state index in [1.165, 1.54) is 25.5 Å². The first-order chi connectivity index (χ1) is 12.7. The molecule has 144 valence electrons. The second kappa shape index (κ2) is 8.39. The van der Waals surface area contributed by atoms with Crippen molar-refractivity contribution in [1.82, 2.24) is 0 Å². The van der Waals surface area contributed by atoms with Crippen LogP contribution >= 0.6 is 0 Å². The Labute approximate surface area is 156 Å². The molecule has 1 aromatic heterocycles. The molecule has 0 spiro atoms. The van der Waals surface area contributed by atoms with Crippen LogP contribution in [-0.2, 0) is 20.8 Å². The van der Waals surface area contributed by atoms with Crippen LogP contribution < -0.4 is 5.32 Å². The van der Waals surface area contributed by atoms with Gasteiger partial charge in [0.15, 0.2) is 0 Å². The highest BCUT2D eigenvalue weighted by molar-refractivity contribution is 5.93. The average molecular weight is 375 g/mol. The number of hydrogen-bond donors (Lipinski definition) is 1. The van der Waals surface area contributed by atoms with Gasteiger partial charge >= 0.3 is 18.0 Å². The fraction of sp³-hybridized carbons (Fsp3) is 0.316. The summed E-state index contributed by atoms with van der Waals surface area (Å²) in [5.41, 5.74) is 0.366. The number of hydrogen-bond acceptors (Lipinski definition) is 7. The number of carbonyl (C=O) groups is 3. The molecule has 1 aromatic carbocycles. The van der Waals surface area contributed by atoms with Gasteiger partial charge in [0.25, 0.3) is 0 Å². The number of ether oxygens (including phenoxy) is 3. The zero-order valence-electron chi connectivity index (χ0n) is 15.5. The molecule has 27 heavy (non-hydrogen) atoms. The number of carbonyl (C=O) groups excluding carboxylic acids is 3. The standard InChI is InChI=1S/C19H21NO7/c1-19(2,3)27-18(23)20-14-7-5-6-12(10-14)16(21)26-11-13-8-9-25-15(13)17(22)24-4/h5-10H,11H2,1-4H3,(H,20,23). The first-order valence-electron chi connectivity index (χ1n) is 8.11. The Kier molecular flexibility index (Phi) is 6.23. The van der Waals surface area contributed by atoms with Crippen LogP contribution in [0.15, 0.2) is 41.0 Å². The van der Waals surface area contributed by atoms with E-state index in [1.807, 2.05) is 0 Å².